The zero-order valence-corrected chi connectivity index (χ0v) is 11.0. The lowest BCUT2D eigenvalue weighted by Crippen LogP contribution is -2.30. The molecule has 0 saturated heterocycles. The first-order chi connectivity index (χ1) is 7.47. The van der Waals surface area contributed by atoms with Crippen molar-refractivity contribution in [2.75, 3.05) is 13.7 Å². The maximum atomic E-state index is 11.6. The third kappa shape index (κ3) is 2.76. The number of hydrogen-bond donors (Lipinski definition) is 0. The molecule has 1 rings (SSSR count). The number of carbonyl (C=O) groups excluding carboxylic acids is 1. The van der Waals surface area contributed by atoms with E-state index < -0.39 is 5.69 Å². The van der Waals surface area contributed by atoms with Gasteiger partial charge in [0.25, 0.3) is 0 Å². The van der Waals surface area contributed by atoms with Crippen LogP contribution < -0.4 is 5.69 Å². The Balaban J connectivity index is 3.10. The zero-order valence-electron chi connectivity index (χ0n) is 9.41. The first kappa shape index (κ1) is 13.1. The van der Waals surface area contributed by atoms with Crippen LogP contribution in [0.25, 0.3) is 0 Å². The molecule has 0 radical (unpaired) electrons. The average Bonchev–Trinajstić information content (AvgIpc) is 2.22. The lowest BCUT2D eigenvalue weighted by Gasteiger charge is -2.10. The SMILES string of the molecule is COCC(=O)Cn1c(C)c(Br)c(C)nc1=O. The van der Waals surface area contributed by atoms with Crippen molar-refractivity contribution in [2.45, 2.75) is 20.4 Å². The summed E-state index contributed by atoms with van der Waals surface area (Å²) in [5.41, 5.74) is 0.905. The highest BCUT2D eigenvalue weighted by Crippen LogP contribution is 2.16. The van der Waals surface area contributed by atoms with Crippen molar-refractivity contribution < 1.29 is 9.53 Å². The van der Waals surface area contributed by atoms with Gasteiger partial charge in [-0.2, -0.15) is 4.98 Å². The molecular formula is C10H13BrN2O3. The van der Waals surface area contributed by atoms with E-state index >= 15 is 0 Å². The number of ether oxygens (including phenoxy) is 1. The van der Waals surface area contributed by atoms with Crippen LogP contribution in [-0.4, -0.2) is 29.1 Å². The third-order valence-electron chi connectivity index (χ3n) is 2.17. The van der Waals surface area contributed by atoms with Gasteiger partial charge in [-0.1, -0.05) is 0 Å². The minimum atomic E-state index is -0.414. The Hall–Kier alpha value is -1.01. The van der Waals surface area contributed by atoms with Gasteiger partial charge in [0, 0.05) is 12.8 Å². The number of nitrogens with zero attached hydrogens (tertiary/aromatic N) is 2. The highest BCUT2D eigenvalue weighted by molar-refractivity contribution is 9.10. The Morgan fingerprint density at radius 1 is 1.50 bits per heavy atom. The molecule has 0 spiro atoms. The van der Waals surface area contributed by atoms with Gasteiger partial charge in [-0.3, -0.25) is 9.36 Å². The van der Waals surface area contributed by atoms with Gasteiger partial charge < -0.3 is 4.74 Å². The summed E-state index contributed by atoms with van der Waals surface area (Å²) >= 11 is 3.33. The summed E-state index contributed by atoms with van der Waals surface area (Å²) < 4.78 is 6.79. The molecular weight excluding hydrogens is 276 g/mol. The second-order valence-electron chi connectivity index (χ2n) is 3.44. The molecule has 1 aromatic rings. The van der Waals surface area contributed by atoms with Crippen molar-refractivity contribution in [3.05, 3.63) is 26.3 Å². The fourth-order valence-electron chi connectivity index (χ4n) is 1.35. The number of aromatic nitrogens is 2. The summed E-state index contributed by atoms with van der Waals surface area (Å²) in [5, 5.41) is 0. The summed E-state index contributed by atoms with van der Waals surface area (Å²) in [5.74, 6) is -0.162. The summed E-state index contributed by atoms with van der Waals surface area (Å²) in [4.78, 5) is 26.8. The summed E-state index contributed by atoms with van der Waals surface area (Å²) in [6.07, 6.45) is 0. The normalized spacial score (nSPS) is 10.5. The smallest absolute Gasteiger partial charge is 0.348 e. The topological polar surface area (TPSA) is 61.2 Å². The minimum Gasteiger partial charge on any atom is -0.377 e. The van der Waals surface area contributed by atoms with Gasteiger partial charge in [-0.15, -0.1) is 0 Å². The van der Waals surface area contributed by atoms with Gasteiger partial charge in [0.2, 0.25) is 0 Å². The Kier molecular flexibility index (Phi) is 4.37. The maximum absolute atomic E-state index is 11.6. The molecule has 0 aliphatic rings. The molecule has 0 fully saturated rings. The van der Waals surface area contributed by atoms with Gasteiger partial charge in [-0.25, -0.2) is 4.79 Å². The van der Waals surface area contributed by atoms with Gasteiger partial charge in [0.05, 0.1) is 16.7 Å². The number of ketones is 1. The van der Waals surface area contributed by atoms with E-state index in [0.717, 1.165) is 4.47 Å². The van der Waals surface area contributed by atoms with Crippen LogP contribution >= 0.6 is 15.9 Å². The second kappa shape index (κ2) is 5.36. The van der Waals surface area contributed by atoms with E-state index in [-0.39, 0.29) is 18.9 Å². The standard InChI is InChI=1S/C10H13BrN2O3/c1-6-9(11)7(2)13(10(15)12-6)4-8(14)5-16-3/h4-5H2,1-3H3. The molecule has 0 N–H and O–H groups in total. The fourth-order valence-corrected chi connectivity index (χ4v) is 1.65. The number of rotatable bonds is 4. The lowest BCUT2D eigenvalue weighted by atomic mass is 10.3. The Morgan fingerprint density at radius 3 is 2.69 bits per heavy atom. The minimum absolute atomic E-state index is 0.00260. The van der Waals surface area contributed by atoms with Crippen LogP contribution in [0, 0.1) is 13.8 Å². The van der Waals surface area contributed by atoms with E-state index in [0.29, 0.717) is 11.4 Å². The summed E-state index contributed by atoms with van der Waals surface area (Å²) in [6.45, 7) is 3.49. The number of hydrogen-bond acceptors (Lipinski definition) is 4. The Morgan fingerprint density at radius 2 is 2.12 bits per heavy atom. The lowest BCUT2D eigenvalue weighted by molar-refractivity contribution is -0.123. The number of halogens is 1. The first-order valence-corrected chi connectivity index (χ1v) is 5.50. The van der Waals surface area contributed by atoms with Crippen molar-refractivity contribution in [2.24, 2.45) is 0 Å². The monoisotopic (exact) mass is 288 g/mol. The van der Waals surface area contributed by atoms with E-state index in [1.165, 1.54) is 11.7 Å². The van der Waals surface area contributed by atoms with E-state index in [2.05, 4.69) is 20.9 Å². The molecule has 5 nitrogen and oxygen atoms in total. The van der Waals surface area contributed by atoms with Crippen LogP contribution in [0.2, 0.25) is 0 Å². The van der Waals surface area contributed by atoms with Crippen LogP contribution in [0.15, 0.2) is 9.27 Å². The Labute approximate surface area is 102 Å². The van der Waals surface area contributed by atoms with Crippen molar-refractivity contribution in [1.29, 1.82) is 0 Å². The molecule has 6 heteroatoms. The molecule has 0 atom stereocenters. The molecule has 0 saturated carbocycles. The summed E-state index contributed by atoms with van der Waals surface area (Å²) in [7, 11) is 1.44. The predicted octanol–water partition coefficient (Wildman–Crippen LogP) is 0.838. The van der Waals surface area contributed by atoms with Crippen molar-refractivity contribution in [1.82, 2.24) is 9.55 Å². The van der Waals surface area contributed by atoms with Gasteiger partial charge >= 0.3 is 5.69 Å². The number of Topliss-reactive ketones (excluding diaryl/α,β-unsaturated/α-hetero) is 1. The molecule has 16 heavy (non-hydrogen) atoms. The maximum Gasteiger partial charge on any atom is 0.348 e. The van der Waals surface area contributed by atoms with Crippen LogP contribution in [-0.2, 0) is 16.1 Å². The van der Waals surface area contributed by atoms with Gasteiger partial charge in [-0.05, 0) is 29.8 Å². The molecule has 0 amide bonds. The molecule has 0 aromatic carbocycles. The van der Waals surface area contributed by atoms with Gasteiger partial charge in [0.15, 0.2) is 5.78 Å². The van der Waals surface area contributed by atoms with E-state index in [1.54, 1.807) is 13.8 Å². The van der Waals surface area contributed by atoms with E-state index in [4.69, 9.17) is 4.74 Å². The number of carbonyl (C=O) groups is 1. The largest absolute Gasteiger partial charge is 0.377 e. The molecule has 1 heterocycles. The van der Waals surface area contributed by atoms with Crippen LogP contribution in [0.3, 0.4) is 0 Å². The second-order valence-corrected chi connectivity index (χ2v) is 4.23. The third-order valence-corrected chi connectivity index (χ3v) is 3.32. The molecule has 0 aliphatic carbocycles. The van der Waals surface area contributed by atoms with Crippen molar-refractivity contribution >= 4 is 21.7 Å². The summed E-state index contributed by atoms with van der Waals surface area (Å²) in [6, 6.07) is 0. The Bertz CT molecular complexity index is 468. The molecule has 88 valence electrons. The van der Waals surface area contributed by atoms with Crippen LogP contribution in [0.5, 0.6) is 0 Å². The molecule has 0 aliphatic heterocycles. The molecule has 0 bridgehead atoms. The molecule has 1 aromatic heterocycles. The van der Waals surface area contributed by atoms with Crippen molar-refractivity contribution in [3.8, 4) is 0 Å². The van der Waals surface area contributed by atoms with Crippen molar-refractivity contribution in [3.63, 3.8) is 0 Å². The highest BCUT2D eigenvalue weighted by Gasteiger charge is 2.11. The van der Waals surface area contributed by atoms with E-state index in [1.807, 2.05) is 0 Å². The molecule has 0 unspecified atom stereocenters. The highest BCUT2D eigenvalue weighted by atomic mass is 79.9. The van der Waals surface area contributed by atoms with Crippen LogP contribution in [0.1, 0.15) is 11.4 Å². The first-order valence-electron chi connectivity index (χ1n) is 4.71. The number of aryl methyl sites for hydroxylation is 1. The average molecular weight is 289 g/mol. The van der Waals surface area contributed by atoms with Gasteiger partial charge in [0.1, 0.15) is 6.61 Å². The quantitative estimate of drug-likeness (QED) is 0.824. The predicted molar refractivity (Wildman–Crippen MR) is 62.6 cm³/mol. The van der Waals surface area contributed by atoms with E-state index in [9.17, 15) is 9.59 Å². The zero-order chi connectivity index (χ0) is 12.3. The number of methoxy groups -OCH3 is 1. The fraction of sp³-hybridized carbons (Fsp3) is 0.500. The van der Waals surface area contributed by atoms with Crippen LogP contribution in [0.4, 0.5) is 0 Å².